The Balaban J connectivity index is 1.91. The van der Waals surface area contributed by atoms with Crippen LogP contribution in [-0.4, -0.2) is 16.8 Å². The molecule has 1 aromatic heterocycles. The maximum absolute atomic E-state index is 9.03. The number of hydrogen-bond acceptors (Lipinski definition) is 3. The Kier molecular flexibility index (Phi) is 5.55. The molecular weight excluding hydrogens is 264 g/mol. The van der Waals surface area contributed by atoms with Crippen LogP contribution >= 0.6 is 0 Å². The lowest BCUT2D eigenvalue weighted by atomic mass is 9.98. The van der Waals surface area contributed by atoms with Crippen molar-refractivity contribution < 1.29 is 14.6 Å². The minimum absolute atomic E-state index is 0.0911. The van der Waals surface area contributed by atoms with Gasteiger partial charge >= 0.3 is 0 Å². The molecule has 0 spiro atoms. The maximum Gasteiger partial charge on any atom is 0.130 e. The predicted octanol–water partition coefficient (Wildman–Crippen LogP) is 3.54. The average molecular weight is 284 g/mol. The third kappa shape index (κ3) is 4.74. The average Bonchev–Trinajstić information content (AvgIpc) is 2.99. The molecular formula is C18H20O3. The standard InChI is InChI=1S/C18H20O3/c1-14(3-9-17-10-11-18(13-20)21-17)2-4-15-5-7-16(12-19)8-6-15/h2-5,7,9-11,19-20H,1,6,8,12-13H2. The van der Waals surface area contributed by atoms with Crippen LogP contribution in [0, 0.1) is 0 Å². The van der Waals surface area contributed by atoms with E-state index in [4.69, 9.17) is 14.6 Å². The summed E-state index contributed by atoms with van der Waals surface area (Å²) in [7, 11) is 0. The molecule has 0 aromatic carbocycles. The van der Waals surface area contributed by atoms with Crippen LogP contribution in [0.4, 0.5) is 0 Å². The summed E-state index contributed by atoms with van der Waals surface area (Å²) in [6.45, 7) is 4.01. The summed E-state index contributed by atoms with van der Waals surface area (Å²) >= 11 is 0. The van der Waals surface area contributed by atoms with Gasteiger partial charge in [-0.1, -0.05) is 37.0 Å². The molecule has 0 bridgehead atoms. The van der Waals surface area contributed by atoms with Gasteiger partial charge in [0.2, 0.25) is 0 Å². The van der Waals surface area contributed by atoms with Gasteiger partial charge in [0.1, 0.15) is 18.1 Å². The van der Waals surface area contributed by atoms with E-state index in [1.165, 1.54) is 5.57 Å². The van der Waals surface area contributed by atoms with Gasteiger partial charge in [-0.15, -0.1) is 0 Å². The molecule has 1 aliphatic carbocycles. The number of rotatable bonds is 6. The van der Waals surface area contributed by atoms with E-state index < -0.39 is 0 Å². The SMILES string of the molecule is C=C(C=CC1=CC=C(CO)CC1)C=Cc1ccc(CO)o1. The van der Waals surface area contributed by atoms with E-state index >= 15 is 0 Å². The molecule has 1 aromatic rings. The Morgan fingerprint density at radius 1 is 1.10 bits per heavy atom. The zero-order valence-corrected chi connectivity index (χ0v) is 12.0. The first kappa shape index (κ1) is 15.3. The molecule has 3 nitrogen and oxygen atoms in total. The summed E-state index contributed by atoms with van der Waals surface area (Å²) in [4.78, 5) is 0. The van der Waals surface area contributed by atoms with Gasteiger partial charge in [-0.05, 0) is 47.8 Å². The molecule has 0 saturated carbocycles. The molecule has 2 rings (SSSR count). The second-order valence-electron chi connectivity index (χ2n) is 4.93. The number of aliphatic hydroxyl groups excluding tert-OH is 2. The molecule has 2 N–H and O–H groups in total. The Morgan fingerprint density at radius 2 is 1.90 bits per heavy atom. The van der Waals surface area contributed by atoms with Crippen LogP contribution in [0.25, 0.3) is 6.08 Å². The van der Waals surface area contributed by atoms with Crippen molar-refractivity contribution in [3.8, 4) is 0 Å². The predicted molar refractivity (Wildman–Crippen MR) is 84.4 cm³/mol. The van der Waals surface area contributed by atoms with Crippen LogP contribution in [0.15, 0.2) is 70.2 Å². The van der Waals surface area contributed by atoms with Gasteiger partial charge in [-0.25, -0.2) is 0 Å². The normalized spacial score (nSPS) is 15.5. The zero-order chi connectivity index (χ0) is 15.1. The van der Waals surface area contributed by atoms with Gasteiger partial charge < -0.3 is 14.6 Å². The van der Waals surface area contributed by atoms with Gasteiger partial charge in [0.05, 0.1) is 6.61 Å². The fourth-order valence-electron chi connectivity index (χ4n) is 1.99. The van der Waals surface area contributed by atoms with Crippen molar-refractivity contribution in [3.63, 3.8) is 0 Å². The van der Waals surface area contributed by atoms with E-state index in [1.54, 1.807) is 6.07 Å². The van der Waals surface area contributed by atoms with Crippen LogP contribution < -0.4 is 0 Å². The van der Waals surface area contributed by atoms with Crippen molar-refractivity contribution in [1.82, 2.24) is 0 Å². The molecule has 0 radical (unpaired) electrons. The second-order valence-corrected chi connectivity index (χ2v) is 4.93. The Morgan fingerprint density at radius 3 is 2.52 bits per heavy atom. The van der Waals surface area contributed by atoms with Gasteiger partial charge in [-0.2, -0.15) is 0 Å². The van der Waals surface area contributed by atoms with E-state index in [0.717, 1.165) is 24.0 Å². The van der Waals surface area contributed by atoms with Gasteiger partial charge in [-0.3, -0.25) is 0 Å². The summed E-state index contributed by atoms with van der Waals surface area (Å²) in [6, 6.07) is 3.56. The summed E-state index contributed by atoms with van der Waals surface area (Å²) < 4.78 is 5.36. The lowest BCUT2D eigenvalue weighted by Crippen LogP contribution is -1.95. The fraction of sp³-hybridized carbons (Fsp3) is 0.222. The highest BCUT2D eigenvalue weighted by Crippen LogP contribution is 2.19. The summed E-state index contributed by atoms with van der Waals surface area (Å²) in [5.41, 5.74) is 3.17. The number of aliphatic hydroxyl groups is 2. The van der Waals surface area contributed by atoms with E-state index in [-0.39, 0.29) is 13.2 Å². The maximum atomic E-state index is 9.03. The first-order valence-electron chi connectivity index (χ1n) is 6.95. The first-order valence-corrected chi connectivity index (χ1v) is 6.95. The summed E-state index contributed by atoms with van der Waals surface area (Å²) in [6.07, 6.45) is 13.5. The number of hydrogen-bond donors (Lipinski definition) is 2. The van der Waals surface area contributed by atoms with Crippen molar-refractivity contribution in [2.24, 2.45) is 0 Å². The Labute approximate surface area is 124 Å². The van der Waals surface area contributed by atoms with Gasteiger partial charge in [0.15, 0.2) is 0 Å². The highest BCUT2D eigenvalue weighted by molar-refractivity contribution is 5.50. The summed E-state index contributed by atoms with van der Waals surface area (Å²) in [5.74, 6) is 1.25. The van der Waals surface area contributed by atoms with Crippen LogP contribution in [0.1, 0.15) is 24.4 Å². The van der Waals surface area contributed by atoms with Crippen LogP contribution in [0.2, 0.25) is 0 Å². The van der Waals surface area contributed by atoms with E-state index in [9.17, 15) is 0 Å². The van der Waals surface area contributed by atoms with Crippen molar-refractivity contribution in [2.75, 3.05) is 6.61 Å². The smallest absolute Gasteiger partial charge is 0.130 e. The van der Waals surface area contributed by atoms with Crippen LogP contribution in [0.3, 0.4) is 0 Å². The van der Waals surface area contributed by atoms with Crippen LogP contribution in [0.5, 0.6) is 0 Å². The number of allylic oxidation sites excluding steroid dienone is 7. The van der Waals surface area contributed by atoms with Crippen molar-refractivity contribution in [3.05, 3.63) is 77.3 Å². The van der Waals surface area contributed by atoms with Gasteiger partial charge in [0.25, 0.3) is 0 Å². The van der Waals surface area contributed by atoms with Crippen molar-refractivity contribution in [1.29, 1.82) is 0 Å². The van der Waals surface area contributed by atoms with E-state index in [2.05, 4.69) is 6.58 Å². The molecule has 0 unspecified atom stereocenters. The minimum atomic E-state index is -0.0911. The third-order valence-electron chi connectivity index (χ3n) is 3.28. The minimum Gasteiger partial charge on any atom is -0.459 e. The Bertz CT molecular complexity index is 612. The topological polar surface area (TPSA) is 53.6 Å². The molecule has 1 heterocycles. The zero-order valence-electron chi connectivity index (χ0n) is 12.0. The Hall–Kier alpha value is -2.10. The quantitative estimate of drug-likeness (QED) is 0.786. The molecule has 0 atom stereocenters. The lowest BCUT2D eigenvalue weighted by Gasteiger charge is -2.09. The highest BCUT2D eigenvalue weighted by Gasteiger charge is 2.02. The molecule has 0 aliphatic heterocycles. The van der Waals surface area contributed by atoms with E-state index in [1.807, 2.05) is 42.5 Å². The highest BCUT2D eigenvalue weighted by atomic mass is 16.4. The fourth-order valence-corrected chi connectivity index (χ4v) is 1.99. The summed E-state index contributed by atoms with van der Waals surface area (Å²) in [5, 5.41) is 18.0. The molecule has 3 heteroatoms. The van der Waals surface area contributed by atoms with Crippen molar-refractivity contribution >= 4 is 6.08 Å². The van der Waals surface area contributed by atoms with Gasteiger partial charge in [0, 0.05) is 0 Å². The van der Waals surface area contributed by atoms with Crippen molar-refractivity contribution in [2.45, 2.75) is 19.4 Å². The molecule has 21 heavy (non-hydrogen) atoms. The molecule has 0 fully saturated rings. The molecule has 1 aliphatic rings. The monoisotopic (exact) mass is 284 g/mol. The third-order valence-corrected chi connectivity index (χ3v) is 3.28. The van der Waals surface area contributed by atoms with Crippen LogP contribution in [-0.2, 0) is 6.61 Å². The second kappa shape index (κ2) is 7.62. The van der Waals surface area contributed by atoms with E-state index in [0.29, 0.717) is 11.5 Å². The number of furan rings is 1. The molecule has 0 amide bonds. The molecule has 110 valence electrons. The first-order chi connectivity index (χ1) is 10.2. The largest absolute Gasteiger partial charge is 0.459 e. The molecule has 0 saturated heterocycles. The lowest BCUT2D eigenvalue weighted by molar-refractivity contribution is 0.246.